The SMILES string of the molecule is COC(=O)C1=C(C)N=C2SC=C(CC(=O)N3CCCC[C@@H]3C)N2[C@H]1c1ccc(OC)cc1. The predicted octanol–water partition coefficient (Wildman–Crippen LogP) is 4.23. The summed E-state index contributed by atoms with van der Waals surface area (Å²) in [5, 5.41) is 2.75. The van der Waals surface area contributed by atoms with Crippen molar-refractivity contribution in [1.29, 1.82) is 0 Å². The zero-order valence-corrected chi connectivity index (χ0v) is 19.8. The van der Waals surface area contributed by atoms with E-state index < -0.39 is 12.0 Å². The van der Waals surface area contributed by atoms with Crippen molar-refractivity contribution < 1.29 is 19.1 Å². The molecule has 0 unspecified atom stereocenters. The first-order chi connectivity index (χ1) is 15.4. The Morgan fingerprint density at radius 3 is 2.59 bits per heavy atom. The highest BCUT2D eigenvalue weighted by Crippen LogP contribution is 2.45. The first-order valence-corrected chi connectivity index (χ1v) is 11.8. The molecule has 170 valence electrons. The third-order valence-electron chi connectivity index (χ3n) is 6.29. The fourth-order valence-corrected chi connectivity index (χ4v) is 5.53. The average molecular weight is 456 g/mol. The van der Waals surface area contributed by atoms with Crippen LogP contribution >= 0.6 is 11.8 Å². The van der Waals surface area contributed by atoms with Crippen molar-refractivity contribution in [2.75, 3.05) is 20.8 Å². The van der Waals surface area contributed by atoms with Crippen molar-refractivity contribution in [3.63, 3.8) is 0 Å². The maximum absolute atomic E-state index is 13.2. The molecule has 3 aliphatic rings. The van der Waals surface area contributed by atoms with Gasteiger partial charge in [0.05, 0.1) is 38.0 Å². The monoisotopic (exact) mass is 455 g/mol. The first-order valence-electron chi connectivity index (χ1n) is 10.9. The molecule has 0 radical (unpaired) electrons. The van der Waals surface area contributed by atoms with E-state index in [1.165, 1.54) is 25.3 Å². The number of carbonyl (C=O) groups excluding carboxylic acids is 2. The number of amidine groups is 1. The Hall–Kier alpha value is -2.74. The molecule has 4 rings (SSSR count). The summed E-state index contributed by atoms with van der Waals surface area (Å²) in [6.45, 7) is 4.74. The topological polar surface area (TPSA) is 71.4 Å². The smallest absolute Gasteiger partial charge is 0.338 e. The number of benzene rings is 1. The van der Waals surface area contributed by atoms with Crippen LogP contribution in [0.3, 0.4) is 0 Å². The van der Waals surface area contributed by atoms with Crippen LogP contribution < -0.4 is 4.74 Å². The number of allylic oxidation sites excluding steroid dienone is 1. The molecule has 32 heavy (non-hydrogen) atoms. The van der Waals surface area contributed by atoms with Gasteiger partial charge in [0.2, 0.25) is 5.91 Å². The number of hydrogen-bond acceptors (Lipinski definition) is 7. The van der Waals surface area contributed by atoms with Crippen LogP contribution in [0.1, 0.15) is 51.1 Å². The molecule has 0 aromatic heterocycles. The summed E-state index contributed by atoms with van der Waals surface area (Å²) < 4.78 is 10.4. The molecule has 0 aliphatic carbocycles. The largest absolute Gasteiger partial charge is 0.497 e. The molecule has 1 amide bonds. The molecule has 1 saturated heterocycles. The van der Waals surface area contributed by atoms with E-state index in [-0.39, 0.29) is 18.4 Å². The third kappa shape index (κ3) is 4.16. The number of carbonyl (C=O) groups is 2. The molecule has 3 heterocycles. The summed E-state index contributed by atoms with van der Waals surface area (Å²) in [6.07, 6.45) is 3.52. The van der Waals surface area contributed by atoms with E-state index in [4.69, 9.17) is 9.47 Å². The Balaban J connectivity index is 1.68. The number of amides is 1. The lowest BCUT2D eigenvalue weighted by molar-refractivity contribution is -0.136. The molecule has 1 aromatic rings. The van der Waals surface area contributed by atoms with Crippen LogP contribution in [-0.4, -0.2) is 53.7 Å². The molecular formula is C24H29N3O4S. The van der Waals surface area contributed by atoms with Gasteiger partial charge >= 0.3 is 5.97 Å². The van der Waals surface area contributed by atoms with Gasteiger partial charge in [-0.1, -0.05) is 23.9 Å². The van der Waals surface area contributed by atoms with E-state index in [2.05, 4.69) is 11.9 Å². The zero-order chi connectivity index (χ0) is 22.8. The minimum atomic E-state index is -0.423. The molecule has 3 aliphatic heterocycles. The number of fused-ring (bicyclic) bond motifs is 1. The number of hydrogen-bond donors (Lipinski definition) is 0. The van der Waals surface area contributed by atoms with Gasteiger partial charge in [0.25, 0.3) is 0 Å². The lowest BCUT2D eigenvalue weighted by atomic mass is 9.93. The van der Waals surface area contributed by atoms with Crippen molar-refractivity contribution in [2.24, 2.45) is 4.99 Å². The van der Waals surface area contributed by atoms with Crippen LogP contribution in [0.25, 0.3) is 0 Å². The van der Waals surface area contributed by atoms with Crippen molar-refractivity contribution >= 4 is 28.8 Å². The lowest BCUT2D eigenvalue weighted by Crippen LogP contribution is -2.43. The van der Waals surface area contributed by atoms with Gasteiger partial charge in [0, 0.05) is 18.3 Å². The summed E-state index contributed by atoms with van der Waals surface area (Å²) in [4.78, 5) is 34.6. The van der Waals surface area contributed by atoms with Crippen LogP contribution in [0.15, 0.2) is 51.6 Å². The molecule has 1 aromatic carbocycles. The quantitative estimate of drug-likeness (QED) is 0.619. The van der Waals surface area contributed by atoms with Gasteiger partial charge in [-0.3, -0.25) is 4.79 Å². The number of methoxy groups -OCH3 is 2. The summed E-state index contributed by atoms with van der Waals surface area (Å²) in [7, 11) is 3.00. The van der Waals surface area contributed by atoms with E-state index in [0.717, 1.165) is 41.6 Å². The summed E-state index contributed by atoms with van der Waals surface area (Å²) in [6, 6.07) is 7.46. The number of aliphatic imine (C=N–C) groups is 1. The van der Waals surface area contributed by atoms with E-state index in [0.29, 0.717) is 11.3 Å². The Kier molecular flexibility index (Phi) is 6.60. The number of likely N-dealkylation sites (tertiary alicyclic amines) is 1. The highest BCUT2D eigenvalue weighted by atomic mass is 32.2. The summed E-state index contributed by atoms with van der Waals surface area (Å²) >= 11 is 1.49. The molecule has 0 spiro atoms. The predicted molar refractivity (Wildman–Crippen MR) is 125 cm³/mol. The van der Waals surface area contributed by atoms with E-state index in [9.17, 15) is 9.59 Å². The molecule has 8 heteroatoms. The van der Waals surface area contributed by atoms with Gasteiger partial charge in [-0.2, -0.15) is 0 Å². The maximum Gasteiger partial charge on any atom is 0.338 e. The molecule has 0 saturated carbocycles. The molecule has 2 atom stereocenters. The minimum absolute atomic E-state index is 0.115. The molecule has 7 nitrogen and oxygen atoms in total. The van der Waals surface area contributed by atoms with Crippen molar-refractivity contribution in [1.82, 2.24) is 9.80 Å². The highest BCUT2D eigenvalue weighted by Gasteiger charge is 2.41. The number of nitrogens with zero attached hydrogens (tertiary/aromatic N) is 3. The van der Waals surface area contributed by atoms with Crippen molar-refractivity contribution in [2.45, 2.75) is 51.6 Å². The second-order valence-corrected chi connectivity index (χ2v) is 9.10. The van der Waals surface area contributed by atoms with Gasteiger partial charge in [0.15, 0.2) is 5.17 Å². The molecule has 0 bridgehead atoms. The van der Waals surface area contributed by atoms with Crippen LogP contribution in [0.5, 0.6) is 5.75 Å². The van der Waals surface area contributed by atoms with E-state index in [1.54, 1.807) is 7.11 Å². The lowest BCUT2D eigenvalue weighted by Gasteiger charge is -2.38. The fourth-order valence-electron chi connectivity index (χ4n) is 4.57. The highest BCUT2D eigenvalue weighted by molar-refractivity contribution is 8.16. The number of esters is 1. The Morgan fingerprint density at radius 1 is 1.19 bits per heavy atom. The van der Waals surface area contributed by atoms with Crippen LogP contribution in [0.4, 0.5) is 0 Å². The summed E-state index contributed by atoms with van der Waals surface area (Å²) in [5.41, 5.74) is 2.87. The normalized spacial score (nSPS) is 22.9. The number of ether oxygens (including phenoxy) is 2. The molecular weight excluding hydrogens is 426 g/mol. The van der Waals surface area contributed by atoms with E-state index in [1.807, 2.05) is 46.4 Å². The van der Waals surface area contributed by atoms with Crippen molar-refractivity contribution in [3.8, 4) is 5.75 Å². The average Bonchev–Trinajstić information content (AvgIpc) is 3.19. The van der Waals surface area contributed by atoms with E-state index >= 15 is 0 Å². The Labute approximate surface area is 193 Å². The number of thioether (sulfide) groups is 1. The van der Waals surface area contributed by atoms with Gasteiger partial charge < -0.3 is 19.3 Å². The Bertz CT molecular complexity index is 999. The van der Waals surface area contributed by atoms with Gasteiger partial charge in [-0.15, -0.1) is 0 Å². The van der Waals surface area contributed by atoms with Gasteiger partial charge in [-0.25, -0.2) is 9.79 Å². The minimum Gasteiger partial charge on any atom is -0.497 e. The van der Waals surface area contributed by atoms with Crippen molar-refractivity contribution in [3.05, 3.63) is 52.2 Å². The second kappa shape index (κ2) is 9.40. The maximum atomic E-state index is 13.2. The second-order valence-electron chi connectivity index (χ2n) is 8.27. The van der Waals surface area contributed by atoms with Crippen LogP contribution in [-0.2, 0) is 14.3 Å². The third-order valence-corrected chi connectivity index (χ3v) is 7.18. The summed E-state index contributed by atoms with van der Waals surface area (Å²) in [5.74, 6) is 0.433. The number of piperidine rings is 1. The first kappa shape index (κ1) is 22.5. The fraction of sp³-hybridized carbons (Fsp3) is 0.458. The molecule has 0 N–H and O–H groups in total. The van der Waals surface area contributed by atoms with Gasteiger partial charge in [-0.05, 0) is 56.2 Å². The Morgan fingerprint density at radius 2 is 1.94 bits per heavy atom. The standard InChI is InChI=1S/C24H29N3O4S/c1-15-7-5-6-12-26(15)20(28)13-18-14-32-24-25-16(2)21(23(29)31-4)22(27(18)24)17-8-10-19(30-3)11-9-17/h8-11,14-15,22H,5-7,12-13H2,1-4H3/t15-,22-/m0/s1. The number of rotatable bonds is 5. The molecule has 1 fully saturated rings. The van der Waals surface area contributed by atoms with Crippen LogP contribution in [0.2, 0.25) is 0 Å². The van der Waals surface area contributed by atoms with Crippen LogP contribution in [0, 0.1) is 0 Å². The zero-order valence-electron chi connectivity index (χ0n) is 19.0. The van der Waals surface area contributed by atoms with Gasteiger partial charge in [0.1, 0.15) is 5.75 Å².